The first kappa shape index (κ1) is 17.0. The maximum absolute atomic E-state index is 13.1. The van der Waals surface area contributed by atoms with Crippen LogP contribution >= 0.6 is 0 Å². The zero-order valence-corrected chi connectivity index (χ0v) is 12.5. The number of hydrogen-bond acceptors (Lipinski definition) is 1. The number of aliphatic hydroxyl groups is 1. The maximum atomic E-state index is 13.1. The summed E-state index contributed by atoms with van der Waals surface area (Å²) < 4.78 is 39.4. The molecule has 1 N–H and O–H groups in total. The molecule has 0 fully saturated rings. The largest absolute Gasteiger partial charge is 0.416 e. The summed E-state index contributed by atoms with van der Waals surface area (Å²) in [7, 11) is 0. The smallest absolute Gasteiger partial charge is 0.385 e. The minimum absolute atomic E-state index is 0.00472. The minimum Gasteiger partial charge on any atom is -0.385 e. The highest BCUT2D eigenvalue weighted by atomic mass is 19.4. The van der Waals surface area contributed by atoms with Gasteiger partial charge < -0.3 is 5.11 Å². The molecule has 0 aliphatic rings. The minimum atomic E-state index is -4.45. The maximum Gasteiger partial charge on any atom is 0.416 e. The van der Waals surface area contributed by atoms with E-state index in [1.54, 1.807) is 6.07 Å². The fourth-order valence-corrected chi connectivity index (χ4v) is 2.79. The van der Waals surface area contributed by atoms with E-state index in [1.807, 2.05) is 27.7 Å². The van der Waals surface area contributed by atoms with E-state index in [0.29, 0.717) is 12.8 Å². The van der Waals surface area contributed by atoms with E-state index < -0.39 is 17.3 Å². The Morgan fingerprint density at radius 2 is 1.30 bits per heavy atom. The van der Waals surface area contributed by atoms with Crippen LogP contribution in [0.2, 0.25) is 0 Å². The second kappa shape index (κ2) is 6.17. The molecule has 20 heavy (non-hydrogen) atoms. The predicted molar refractivity (Wildman–Crippen MR) is 74.3 cm³/mol. The second-order valence-corrected chi connectivity index (χ2v) is 6.27. The van der Waals surface area contributed by atoms with E-state index in [9.17, 15) is 18.3 Å². The van der Waals surface area contributed by atoms with Crippen molar-refractivity contribution in [1.29, 1.82) is 0 Å². The third kappa shape index (κ3) is 4.23. The van der Waals surface area contributed by atoms with Crippen LogP contribution in [0.3, 0.4) is 0 Å². The van der Waals surface area contributed by atoms with Gasteiger partial charge in [0.2, 0.25) is 0 Å². The molecule has 0 aliphatic heterocycles. The molecule has 1 aromatic carbocycles. The van der Waals surface area contributed by atoms with Gasteiger partial charge in [-0.15, -0.1) is 0 Å². The summed E-state index contributed by atoms with van der Waals surface area (Å²) in [6, 6.07) is 5.35. The molecule has 0 heterocycles. The average molecular weight is 288 g/mol. The van der Waals surface area contributed by atoms with Crippen molar-refractivity contribution in [3.05, 3.63) is 35.4 Å². The molecule has 0 aromatic heterocycles. The molecule has 0 saturated carbocycles. The molecule has 4 heteroatoms. The summed E-state index contributed by atoms with van der Waals surface area (Å²) in [5.74, 6) is 0.222. The molecule has 0 saturated heterocycles. The van der Waals surface area contributed by atoms with Crippen LogP contribution in [-0.2, 0) is 11.8 Å². The van der Waals surface area contributed by atoms with E-state index in [1.165, 1.54) is 12.1 Å². The molecule has 0 atom stereocenters. The van der Waals surface area contributed by atoms with Crippen LogP contribution in [0.5, 0.6) is 0 Å². The molecule has 0 unspecified atom stereocenters. The molecule has 1 rings (SSSR count). The first-order chi connectivity index (χ1) is 9.06. The zero-order chi connectivity index (χ0) is 15.6. The van der Waals surface area contributed by atoms with Crippen molar-refractivity contribution >= 4 is 0 Å². The fourth-order valence-electron chi connectivity index (χ4n) is 2.79. The van der Waals surface area contributed by atoms with Gasteiger partial charge in [0.15, 0.2) is 0 Å². The van der Waals surface area contributed by atoms with E-state index in [-0.39, 0.29) is 17.4 Å². The second-order valence-electron chi connectivity index (χ2n) is 6.27. The number of benzene rings is 1. The van der Waals surface area contributed by atoms with Gasteiger partial charge in [0, 0.05) is 0 Å². The van der Waals surface area contributed by atoms with Gasteiger partial charge in [-0.2, -0.15) is 13.2 Å². The fraction of sp³-hybridized carbons (Fsp3) is 0.625. The van der Waals surface area contributed by atoms with E-state index in [0.717, 1.165) is 6.07 Å². The number of alkyl halides is 3. The highest BCUT2D eigenvalue weighted by molar-refractivity contribution is 5.34. The molecule has 0 radical (unpaired) electrons. The highest BCUT2D eigenvalue weighted by Gasteiger charge is 2.41. The van der Waals surface area contributed by atoms with Gasteiger partial charge >= 0.3 is 6.18 Å². The molecule has 0 aliphatic carbocycles. The van der Waals surface area contributed by atoms with Crippen LogP contribution in [-0.4, -0.2) is 5.11 Å². The molecule has 1 aromatic rings. The Morgan fingerprint density at radius 1 is 0.900 bits per heavy atom. The Morgan fingerprint density at radius 3 is 1.65 bits per heavy atom. The van der Waals surface area contributed by atoms with Crippen molar-refractivity contribution in [3.63, 3.8) is 0 Å². The van der Waals surface area contributed by atoms with Crippen molar-refractivity contribution < 1.29 is 18.3 Å². The lowest BCUT2D eigenvalue weighted by Crippen LogP contribution is -2.32. The van der Waals surface area contributed by atoms with Crippen molar-refractivity contribution in [2.24, 2.45) is 11.8 Å². The van der Waals surface area contributed by atoms with Crippen molar-refractivity contribution in [1.82, 2.24) is 0 Å². The summed E-state index contributed by atoms with van der Waals surface area (Å²) in [5, 5.41) is 10.9. The lowest BCUT2D eigenvalue weighted by Gasteiger charge is -2.34. The monoisotopic (exact) mass is 288 g/mol. The van der Waals surface area contributed by atoms with Gasteiger partial charge in [0.05, 0.1) is 11.2 Å². The van der Waals surface area contributed by atoms with Gasteiger partial charge in [-0.25, -0.2) is 0 Å². The van der Waals surface area contributed by atoms with Crippen LogP contribution in [0.4, 0.5) is 13.2 Å². The summed E-state index contributed by atoms with van der Waals surface area (Å²) in [6.45, 7) is 7.62. The standard InChI is InChI=1S/C16H23F3O/c1-11(2)9-15(20,10-12(3)4)13-7-5-6-8-14(13)16(17,18)19/h5-8,11-12,20H,9-10H2,1-4H3. The SMILES string of the molecule is CC(C)CC(O)(CC(C)C)c1ccccc1C(F)(F)F. The summed E-state index contributed by atoms with van der Waals surface area (Å²) in [4.78, 5) is 0. The van der Waals surface area contributed by atoms with Crippen LogP contribution < -0.4 is 0 Å². The highest BCUT2D eigenvalue weighted by Crippen LogP contribution is 2.42. The summed E-state index contributed by atoms with van der Waals surface area (Å²) in [5.41, 5.74) is -2.17. The zero-order valence-electron chi connectivity index (χ0n) is 12.5. The van der Waals surface area contributed by atoms with Crippen LogP contribution in [0.25, 0.3) is 0 Å². The lowest BCUT2D eigenvalue weighted by atomic mass is 9.78. The quantitative estimate of drug-likeness (QED) is 0.809. The Hall–Kier alpha value is -1.03. The molecule has 0 amide bonds. The van der Waals surface area contributed by atoms with Gasteiger partial charge in [-0.05, 0) is 36.3 Å². The normalized spacial score (nSPS) is 13.3. The molecule has 0 spiro atoms. The van der Waals surface area contributed by atoms with Crippen LogP contribution in [0.15, 0.2) is 24.3 Å². The van der Waals surface area contributed by atoms with Gasteiger partial charge in [-0.3, -0.25) is 0 Å². The third-order valence-electron chi connectivity index (χ3n) is 3.23. The Labute approximate surface area is 118 Å². The predicted octanol–water partition coefficient (Wildman–Crippen LogP) is 4.99. The molecule has 1 nitrogen and oxygen atoms in total. The van der Waals surface area contributed by atoms with Crippen molar-refractivity contribution in [2.45, 2.75) is 52.3 Å². The number of hydrogen-bond donors (Lipinski definition) is 1. The topological polar surface area (TPSA) is 20.2 Å². The third-order valence-corrected chi connectivity index (χ3v) is 3.23. The van der Waals surface area contributed by atoms with Gasteiger partial charge in [0.25, 0.3) is 0 Å². The Balaban J connectivity index is 3.34. The summed E-state index contributed by atoms with van der Waals surface area (Å²) >= 11 is 0. The molecule has 114 valence electrons. The number of rotatable bonds is 5. The summed E-state index contributed by atoms with van der Waals surface area (Å²) in [6.07, 6.45) is -3.81. The molecular formula is C16H23F3O. The molecule has 0 bridgehead atoms. The average Bonchev–Trinajstić information content (AvgIpc) is 2.25. The van der Waals surface area contributed by atoms with Crippen LogP contribution in [0.1, 0.15) is 51.7 Å². The van der Waals surface area contributed by atoms with Crippen LogP contribution in [0, 0.1) is 11.8 Å². The Kier molecular flexibility index (Phi) is 5.25. The van der Waals surface area contributed by atoms with E-state index in [4.69, 9.17) is 0 Å². The van der Waals surface area contributed by atoms with Crippen molar-refractivity contribution in [3.8, 4) is 0 Å². The van der Waals surface area contributed by atoms with Crippen molar-refractivity contribution in [2.75, 3.05) is 0 Å². The van der Waals surface area contributed by atoms with Gasteiger partial charge in [0.1, 0.15) is 0 Å². The first-order valence-corrected chi connectivity index (χ1v) is 6.95. The number of halogens is 3. The lowest BCUT2D eigenvalue weighted by molar-refractivity contribution is -0.141. The molecular weight excluding hydrogens is 265 g/mol. The van der Waals surface area contributed by atoms with E-state index >= 15 is 0 Å². The van der Waals surface area contributed by atoms with Gasteiger partial charge in [-0.1, -0.05) is 45.9 Å². The van der Waals surface area contributed by atoms with E-state index in [2.05, 4.69) is 0 Å². The Bertz CT molecular complexity index is 426. The first-order valence-electron chi connectivity index (χ1n) is 6.95.